The van der Waals surface area contributed by atoms with Crippen LogP contribution in [0.1, 0.15) is 21.6 Å². The van der Waals surface area contributed by atoms with Gasteiger partial charge in [0.1, 0.15) is 11.4 Å². The number of benzene rings is 1. The first-order valence-electron chi connectivity index (χ1n) is 7.48. The normalized spacial score (nSPS) is 10.6. The van der Waals surface area contributed by atoms with Crippen LogP contribution in [0, 0.1) is 0 Å². The molecule has 0 aliphatic rings. The lowest BCUT2D eigenvalue weighted by Crippen LogP contribution is -2.33. The molecule has 0 unspecified atom stereocenters. The minimum Gasteiger partial charge on any atom is -0.392 e. The fraction of sp³-hybridized carbons (Fsp3) is 0.125. The van der Waals surface area contributed by atoms with Gasteiger partial charge in [0.15, 0.2) is 0 Å². The number of nitrogens with zero attached hydrogens (tertiary/aromatic N) is 2. The first-order valence-corrected chi connectivity index (χ1v) is 7.48. The van der Waals surface area contributed by atoms with Crippen molar-refractivity contribution < 1.29 is 4.79 Å². The minimum absolute atomic E-state index is 0.182. The van der Waals surface area contributed by atoms with Gasteiger partial charge in [-0.1, -0.05) is 30.3 Å². The van der Waals surface area contributed by atoms with E-state index in [1.165, 1.54) is 0 Å². The third kappa shape index (κ3) is 3.83. The number of carbonyl (C=O) groups is 1. The van der Waals surface area contributed by atoms with Gasteiger partial charge in [-0.3, -0.25) is 19.3 Å². The number of hydrogen-bond donors (Lipinski definition) is 4. The van der Waals surface area contributed by atoms with E-state index in [1.54, 1.807) is 17.1 Å². The molecule has 0 atom stereocenters. The van der Waals surface area contributed by atoms with Crippen LogP contribution in [0.5, 0.6) is 0 Å². The topological polar surface area (TPSA) is 139 Å². The number of H-pyrrole nitrogens is 2. The van der Waals surface area contributed by atoms with Crippen molar-refractivity contribution in [3.05, 3.63) is 80.4 Å². The molecule has 128 valence electrons. The van der Waals surface area contributed by atoms with Crippen molar-refractivity contribution in [1.29, 1.82) is 0 Å². The second kappa shape index (κ2) is 6.87. The molecule has 3 rings (SSSR count). The van der Waals surface area contributed by atoms with Crippen LogP contribution in [0.25, 0.3) is 0 Å². The van der Waals surface area contributed by atoms with Crippen LogP contribution < -0.4 is 22.3 Å². The Kier molecular flexibility index (Phi) is 4.46. The highest BCUT2D eigenvalue weighted by Gasteiger charge is 2.14. The van der Waals surface area contributed by atoms with E-state index in [-0.39, 0.29) is 17.9 Å². The highest BCUT2D eigenvalue weighted by atomic mass is 16.2. The lowest BCUT2D eigenvalue weighted by atomic mass is 10.2. The van der Waals surface area contributed by atoms with Crippen LogP contribution in [-0.4, -0.2) is 25.7 Å². The van der Waals surface area contributed by atoms with E-state index >= 15 is 0 Å². The first kappa shape index (κ1) is 16.2. The van der Waals surface area contributed by atoms with Gasteiger partial charge in [-0.25, -0.2) is 4.79 Å². The number of carbonyl (C=O) groups excluding carboxylic acids is 1. The zero-order valence-electron chi connectivity index (χ0n) is 13.2. The van der Waals surface area contributed by atoms with Gasteiger partial charge >= 0.3 is 5.69 Å². The Bertz CT molecular complexity index is 1000. The predicted molar refractivity (Wildman–Crippen MR) is 91.0 cm³/mol. The van der Waals surface area contributed by atoms with E-state index in [4.69, 9.17) is 5.73 Å². The number of nitrogens with two attached hydrogens (primary N) is 1. The number of rotatable bonds is 5. The number of amides is 1. The molecule has 0 saturated carbocycles. The number of nitrogen functional groups attached to an aromatic ring is 1. The Morgan fingerprint density at radius 1 is 1.16 bits per heavy atom. The van der Waals surface area contributed by atoms with Gasteiger partial charge in [0.2, 0.25) is 0 Å². The van der Waals surface area contributed by atoms with Crippen molar-refractivity contribution in [3.63, 3.8) is 0 Å². The molecule has 25 heavy (non-hydrogen) atoms. The number of anilines is 1. The fourth-order valence-electron chi connectivity index (χ4n) is 2.30. The SMILES string of the molecule is Nc1c(C(=O)NCc2cnn(Cc3ccccc3)c2)[nH]c(=O)[nH]c1=O. The fourth-order valence-corrected chi connectivity index (χ4v) is 2.30. The summed E-state index contributed by atoms with van der Waals surface area (Å²) in [5, 5.41) is 6.83. The van der Waals surface area contributed by atoms with Crippen LogP contribution in [0.4, 0.5) is 5.69 Å². The summed E-state index contributed by atoms with van der Waals surface area (Å²) in [5.74, 6) is -0.642. The number of aromatic amines is 2. The number of aromatic nitrogens is 4. The molecule has 0 fully saturated rings. The van der Waals surface area contributed by atoms with Gasteiger partial charge in [0.25, 0.3) is 11.5 Å². The second-order valence-corrected chi connectivity index (χ2v) is 5.41. The monoisotopic (exact) mass is 340 g/mol. The standard InChI is InChI=1S/C16H16N6O3/c17-12-13(20-16(25)21-14(12)23)15(24)18-6-11-7-19-22(9-11)8-10-4-2-1-3-5-10/h1-5,7,9H,6,8,17H2,(H,18,24)(H2,20,21,23,25). The summed E-state index contributed by atoms with van der Waals surface area (Å²) in [7, 11) is 0. The summed E-state index contributed by atoms with van der Waals surface area (Å²) in [4.78, 5) is 39.0. The molecule has 0 aliphatic carbocycles. The molecule has 9 nitrogen and oxygen atoms in total. The summed E-state index contributed by atoms with van der Waals surface area (Å²) in [6, 6.07) is 9.84. The highest BCUT2D eigenvalue weighted by Crippen LogP contribution is 2.05. The van der Waals surface area contributed by atoms with Crippen LogP contribution in [0.2, 0.25) is 0 Å². The molecule has 0 spiro atoms. The maximum absolute atomic E-state index is 12.1. The molecule has 2 heterocycles. The molecule has 1 amide bonds. The van der Waals surface area contributed by atoms with Crippen LogP contribution >= 0.6 is 0 Å². The van der Waals surface area contributed by atoms with Gasteiger partial charge in [-0.15, -0.1) is 0 Å². The van der Waals surface area contributed by atoms with Crippen molar-refractivity contribution in [1.82, 2.24) is 25.1 Å². The Morgan fingerprint density at radius 2 is 1.92 bits per heavy atom. The van der Waals surface area contributed by atoms with Crippen LogP contribution in [-0.2, 0) is 13.1 Å². The summed E-state index contributed by atoms with van der Waals surface area (Å²) < 4.78 is 1.75. The predicted octanol–water partition coefficient (Wildman–Crippen LogP) is -0.180. The maximum Gasteiger partial charge on any atom is 0.326 e. The van der Waals surface area contributed by atoms with E-state index in [9.17, 15) is 14.4 Å². The minimum atomic E-state index is -0.801. The molecule has 0 saturated heterocycles. The van der Waals surface area contributed by atoms with E-state index in [2.05, 4.69) is 15.4 Å². The smallest absolute Gasteiger partial charge is 0.326 e. The quantitative estimate of drug-likeness (QED) is 0.510. The summed E-state index contributed by atoms with van der Waals surface area (Å²) in [5.41, 5.74) is 5.21. The van der Waals surface area contributed by atoms with Crippen molar-refractivity contribution in [2.75, 3.05) is 5.73 Å². The molecule has 3 aromatic rings. The van der Waals surface area contributed by atoms with Crippen molar-refractivity contribution in [2.24, 2.45) is 0 Å². The first-order chi connectivity index (χ1) is 12.0. The molecule has 9 heteroatoms. The molecular weight excluding hydrogens is 324 g/mol. The lowest BCUT2D eigenvalue weighted by molar-refractivity contribution is 0.0946. The molecule has 5 N–H and O–H groups in total. The van der Waals surface area contributed by atoms with Crippen molar-refractivity contribution >= 4 is 11.6 Å². The average molecular weight is 340 g/mol. The Morgan fingerprint density at radius 3 is 2.68 bits per heavy atom. The largest absolute Gasteiger partial charge is 0.392 e. The van der Waals surface area contributed by atoms with Crippen LogP contribution in [0.15, 0.2) is 52.3 Å². The second-order valence-electron chi connectivity index (χ2n) is 5.41. The van der Waals surface area contributed by atoms with E-state index in [1.807, 2.05) is 35.3 Å². The zero-order valence-corrected chi connectivity index (χ0v) is 13.2. The molecule has 0 radical (unpaired) electrons. The number of nitrogens with one attached hydrogen (secondary N) is 3. The van der Waals surface area contributed by atoms with Crippen molar-refractivity contribution in [3.8, 4) is 0 Å². The van der Waals surface area contributed by atoms with Gasteiger partial charge in [-0.05, 0) is 5.56 Å². The molecule has 1 aromatic carbocycles. The van der Waals surface area contributed by atoms with E-state index in [0.717, 1.165) is 11.1 Å². The van der Waals surface area contributed by atoms with E-state index < -0.39 is 17.2 Å². The van der Waals surface area contributed by atoms with Gasteiger partial charge in [0.05, 0.1) is 12.7 Å². The third-order valence-corrected chi connectivity index (χ3v) is 3.53. The molecule has 0 bridgehead atoms. The molecule has 2 aromatic heterocycles. The Hall–Kier alpha value is -3.62. The number of hydrogen-bond acceptors (Lipinski definition) is 5. The average Bonchev–Trinajstić information content (AvgIpc) is 3.04. The zero-order chi connectivity index (χ0) is 17.8. The third-order valence-electron chi connectivity index (χ3n) is 3.53. The molecular formula is C16H16N6O3. The van der Waals surface area contributed by atoms with Gasteiger partial charge in [0, 0.05) is 18.3 Å². The van der Waals surface area contributed by atoms with Gasteiger partial charge in [-0.2, -0.15) is 5.10 Å². The molecule has 0 aliphatic heterocycles. The Labute approximate surface area is 141 Å². The summed E-state index contributed by atoms with van der Waals surface area (Å²) >= 11 is 0. The van der Waals surface area contributed by atoms with Gasteiger partial charge < -0.3 is 16.0 Å². The van der Waals surface area contributed by atoms with Crippen molar-refractivity contribution in [2.45, 2.75) is 13.1 Å². The maximum atomic E-state index is 12.1. The Balaban J connectivity index is 1.65. The summed E-state index contributed by atoms with van der Waals surface area (Å²) in [6.45, 7) is 0.797. The lowest BCUT2D eigenvalue weighted by Gasteiger charge is -2.05. The van der Waals surface area contributed by atoms with Crippen LogP contribution in [0.3, 0.4) is 0 Å². The highest BCUT2D eigenvalue weighted by molar-refractivity contribution is 5.96. The van der Waals surface area contributed by atoms with E-state index in [0.29, 0.717) is 6.54 Å². The summed E-state index contributed by atoms with van der Waals surface area (Å²) in [6.07, 6.45) is 3.43.